The fourth-order valence-electron chi connectivity index (χ4n) is 4.00. The molecule has 4 aromatic rings. The topological polar surface area (TPSA) is 101 Å². The van der Waals surface area contributed by atoms with E-state index in [0.29, 0.717) is 6.54 Å². The number of anilines is 1. The summed E-state index contributed by atoms with van der Waals surface area (Å²) in [7, 11) is 0. The molecule has 0 spiro atoms. The van der Waals surface area contributed by atoms with Crippen LogP contribution in [0.5, 0.6) is 0 Å². The molecular weight excluding hydrogens is 538 g/mol. The molecule has 0 fully saturated rings. The number of rotatable bonds is 13. The summed E-state index contributed by atoms with van der Waals surface area (Å²) in [6.07, 6.45) is 3.29. The van der Waals surface area contributed by atoms with E-state index in [1.54, 1.807) is 0 Å². The largest absolute Gasteiger partial charge is 0.359 e. The highest BCUT2D eigenvalue weighted by molar-refractivity contribution is 6.29. The Morgan fingerprint density at radius 2 is 1.62 bits per heavy atom. The molecule has 2 aromatic heterocycles. The molecule has 0 aliphatic heterocycles. The molecule has 208 valence electrons. The molecule has 3 N–H and O–H groups in total. The Labute approximate surface area is 235 Å². The van der Waals surface area contributed by atoms with Crippen LogP contribution in [-0.2, 0) is 36.8 Å². The second-order valence-corrected chi connectivity index (χ2v) is 9.44. The van der Waals surface area contributed by atoms with Crippen molar-refractivity contribution < 1.29 is 13.6 Å². The Morgan fingerprint density at radius 3 is 2.35 bits per heavy atom. The Morgan fingerprint density at radius 1 is 0.925 bits per heavy atom. The Bertz CT molecular complexity index is 1470. The molecule has 2 aromatic carbocycles. The minimum atomic E-state index is -3.35. The Hall–Kier alpha value is -4.15. The number of hydrogen-bond donors (Lipinski definition) is 3. The first-order chi connectivity index (χ1) is 19.3. The van der Waals surface area contributed by atoms with Crippen LogP contribution >= 0.6 is 11.6 Å². The van der Waals surface area contributed by atoms with E-state index in [1.807, 2.05) is 42.5 Å². The normalized spacial score (nSPS) is 11.3. The van der Waals surface area contributed by atoms with Gasteiger partial charge in [-0.3, -0.25) is 19.1 Å². The molecule has 0 bridgehead atoms. The van der Waals surface area contributed by atoms with Gasteiger partial charge in [-0.1, -0.05) is 72.3 Å². The van der Waals surface area contributed by atoms with E-state index in [-0.39, 0.29) is 17.5 Å². The molecular formula is C29H29ClF2N6O2. The number of carbonyl (C=O) groups excluding carboxylic acids is 1. The van der Waals surface area contributed by atoms with Crippen LogP contribution in [0, 0.1) is 0 Å². The number of nitrogens with zero attached hydrogens (tertiary/aromatic N) is 3. The van der Waals surface area contributed by atoms with Crippen molar-refractivity contribution in [2.24, 2.45) is 0 Å². The van der Waals surface area contributed by atoms with Crippen LogP contribution in [-0.4, -0.2) is 33.5 Å². The van der Waals surface area contributed by atoms with Crippen LogP contribution < -0.4 is 21.5 Å². The average Bonchev–Trinajstić information content (AvgIpc) is 2.97. The zero-order valence-corrected chi connectivity index (χ0v) is 22.4. The van der Waals surface area contributed by atoms with Crippen molar-refractivity contribution in [2.75, 3.05) is 18.4 Å². The van der Waals surface area contributed by atoms with Crippen molar-refractivity contribution in [3.8, 4) is 0 Å². The molecule has 2 heterocycles. The van der Waals surface area contributed by atoms with Crippen molar-refractivity contribution in [1.29, 1.82) is 0 Å². The fraction of sp³-hybridized carbons (Fsp3) is 0.241. The molecule has 0 atom stereocenters. The van der Waals surface area contributed by atoms with Gasteiger partial charge in [0.2, 0.25) is 5.91 Å². The lowest BCUT2D eigenvalue weighted by molar-refractivity contribution is -0.121. The highest BCUT2D eigenvalue weighted by Crippen LogP contribution is 2.25. The number of amides is 1. The fourth-order valence-corrected chi connectivity index (χ4v) is 4.18. The lowest BCUT2D eigenvalue weighted by Gasteiger charge is -2.17. The number of hydrogen-bond acceptors (Lipinski definition) is 6. The summed E-state index contributed by atoms with van der Waals surface area (Å²) in [6, 6.07) is 22.1. The lowest BCUT2D eigenvalue weighted by Crippen LogP contribution is -2.35. The highest BCUT2D eigenvalue weighted by atomic mass is 35.5. The standard InChI is InChI=1S/C29H29ClF2N6O2/c30-25-18-36-27(37-20-29(31,32)24-12-6-7-14-34-24)28(40)38(25)19-26(39)35-17-23-11-5-4-10-22(23)16-33-15-13-21-8-2-1-3-9-21/h1-12,14,18,33H,13,15-17,19-20H2,(H,35,39)(H,36,37). The lowest BCUT2D eigenvalue weighted by atomic mass is 10.1. The highest BCUT2D eigenvalue weighted by Gasteiger charge is 2.33. The van der Waals surface area contributed by atoms with Crippen molar-refractivity contribution in [2.45, 2.75) is 32.0 Å². The molecule has 40 heavy (non-hydrogen) atoms. The number of nitrogens with one attached hydrogen (secondary N) is 3. The van der Waals surface area contributed by atoms with Gasteiger partial charge in [-0.25, -0.2) is 4.98 Å². The van der Waals surface area contributed by atoms with Gasteiger partial charge in [0.05, 0.1) is 12.7 Å². The van der Waals surface area contributed by atoms with Gasteiger partial charge in [0.25, 0.3) is 5.56 Å². The zero-order valence-electron chi connectivity index (χ0n) is 21.6. The molecule has 0 saturated carbocycles. The summed E-state index contributed by atoms with van der Waals surface area (Å²) < 4.78 is 29.9. The first-order valence-corrected chi connectivity index (χ1v) is 13.1. The third kappa shape index (κ3) is 7.93. The first kappa shape index (κ1) is 28.8. The number of benzene rings is 2. The second-order valence-electron chi connectivity index (χ2n) is 9.05. The van der Waals surface area contributed by atoms with Gasteiger partial charge in [0.1, 0.15) is 17.4 Å². The van der Waals surface area contributed by atoms with Crippen LogP contribution in [0.4, 0.5) is 14.6 Å². The van der Waals surface area contributed by atoms with Gasteiger partial charge in [0.15, 0.2) is 5.82 Å². The molecule has 0 aliphatic carbocycles. The summed E-state index contributed by atoms with van der Waals surface area (Å²) >= 11 is 6.12. The Balaban J connectivity index is 1.32. The predicted molar refractivity (Wildman–Crippen MR) is 150 cm³/mol. The van der Waals surface area contributed by atoms with E-state index in [1.165, 1.54) is 30.0 Å². The van der Waals surface area contributed by atoms with E-state index in [0.717, 1.165) is 34.9 Å². The van der Waals surface area contributed by atoms with Crippen LogP contribution in [0.3, 0.4) is 0 Å². The third-order valence-corrected chi connectivity index (χ3v) is 6.47. The predicted octanol–water partition coefficient (Wildman–Crippen LogP) is 4.14. The first-order valence-electron chi connectivity index (χ1n) is 12.7. The van der Waals surface area contributed by atoms with Crippen LogP contribution in [0.15, 0.2) is 90.0 Å². The summed E-state index contributed by atoms with van der Waals surface area (Å²) in [6.45, 7) is 0.373. The van der Waals surface area contributed by atoms with Gasteiger partial charge in [0, 0.05) is 19.3 Å². The molecule has 1 amide bonds. The minimum Gasteiger partial charge on any atom is -0.359 e. The van der Waals surface area contributed by atoms with E-state index >= 15 is 0 Å². The van der Waals surface area contributed by atoms with Crippen molar-refractivity contribution >= 4 is 23.3 Å². The molecule has 0 radical (unpaired) electrons. The van der Waals surface area contributed by atoms with Crippen LogP contribution in [0.1, 0.15) is 22.4 Å². The number of halogens is 3. The third-order valence-electron chi connectivity index (χ3n) is 6.17. The molecule has 8 nitrogen and oxygen atoms in total. The molecule has 0 unspecified atom stereocenters. The van der Waals surface area contributed by atoms with E-state index in [9.17, 15) is 18.4 Å². The SMILES string of the molecule is O=C(Cn1c(Cl)cnc(NCC(F)(F)c2ccccn2)c1=O)NCc1ccccc1CNCCc1ccccc1. The number of aromatic nitrogens is 3. The maximum absolute atomic E-state index is 14.5. The van der Waals surface area contributed by atoms with Crippen LogP contribution in [0.2, 0.25) is 5.15 Å². The van der Waals surface area contributed by atoms with E-state index in [4.69, 9.17) is 11.6 Å². The number of alkyl halides is 2. The quantitative estimate of drug-likeness (QED) is 0.210. The summed E-state index contributed by atoms with van der Waals surface area (Å²) in [5.74, 6) is -4.16. The van der Waals surface area contributed by atoms with Crippen LogP contribution in [0.25, 0.3) is 0 Å². The monoisotopic (exact) mass is 566 g/mol. The van der Waals surface area contributed by atoms with Gasteiger partial charge >= 0.3 is 5.92 Å². The number of carbonyl (C=O) groups is 1. The maximum Gasteiger partial charge on any atom is 0.306 e. The Kier molecular flexibility index (Phi) is 9.93. The van der Waals surface area contributed by atoms with Crippen molar-refractivity contribution in [3.05, 3.63) is 123 Å². The minimum absolute atomic E-state index is 0.0924. The summed E-state index contributed by atoms with van der Waals surface area (Å²) in [5.41, 5.74) is 1.98. The molecule has 0 saturated heterocycles. The number of pyridine rings is 1. The van der Waals surface area contributed by atoms with Gasteiger partial charge in [-0.2, -0.15) is 8.78 Å². The summed E-state index contributed by atoms with van der Waals surface area (Å²) in [4.78, 5) is 33.1. The molecule has 4 rings (SSSR count). The van der Waals surface area contributed by atoms with E-state index in [2.05, 4.69) is 38.1 Å². The van der Waals surface area contributed by atoms with Gasteiger partial charge < -0.3 is 16.0 Å². The van der Waals surface area contributed by atoms with E-state index < -0.39 is 36.2 Å². The second kappa shape index (κ2) is 13.8. The summed E-state index contributed by atoms with van der Waals surface area (Å²) in [5, 5.41) is 8.50. The van der Waals surface area contributed by atoms with Gasteiger partial charge in [-0.05, 0) is 41.8 Å². The molecule has 11 heteroatoms. The molecule has 0 aliphatic rings. The maximum atomic E-state index is 14.5. The van der Waals surface area contributed by atoms with Crippen molar-refractivity contribution in [1.82, 2.24) is 25.2 Å². The smallest absolute Gasteiger partial charge is 0.306 e. The average molecular weight is 567 g/mol. The zero-order chi connectivity index (χ0) is 28.4. The van der Waals surface area contributed by atoms with Gasteiger partial charge in [-0.15, -0.1) is 0 Å². The van der Waals surface area contributed by atoms with Crippen molar-refractivity contribution in [3.63, 3.8) is 0 Å².